The highest BCUT2D eigenvalue weighted by Crippen LogP contribution is 2.18. The van der Waals surface area contributed by atoms with Crippen LogP contribution < -0.4 is 4.74 Å². The van der Waals surface area contributed by atoms with Crippen LogP contribution in [0.3, 0.4) is 0 Å². The lowest BCUT2D eigenvalue weighted by Gasteiger charge is -2.34. The summed E-state index contributed by atoms with van der Waals surface area (Å²) in [4.78, 5) is 13.8. The fourth-order valence-corrected chi connectivity index (χ4v) is 2.40. The molecule has 1 amide bonds. The van der Waals surface area contributed by atoms with Crippen molar-refractivity contribution in [3.8, 4) is 5.75 Å². The van der Waals surface area contributed by atoms with Crippen LogP contribution in [0.25, 0.3) is 0 Å². The van der Waals surface area contributed by atoms with Crippen LogP contribution in [0, 0.1) is 0 Å². The van der Waals surface area contributed by atoms with Crippen molar-refractivity contribution < 1.29 is 14.6 Å². The lowest BCUT2D eigenvalue weighted by Crippen LogP contribution is -2.47. The molecule has 0 aliphatic carbocycles. The zero-order chi connectivity index (χ0) is 13.7. The first-order valence-corrected chi connectivity index (χ1v) is 6.87. The predicted molar refractivity (Wildman–Crippen MR) is 73.4 cm³/mol. The number of hydrogen-bond acceptors (Lipinski definition) is 3. The van der Waals surface area contributed by atoms with E-state index in [1.54, 1.807) is 29.2 Å². The SMILES string of the molecule is O=C(COc1ccc(Cl)cc1)N1CCCCC1CO. The third-order valence-corrected chi connectivity index (χ3v) is 3.59. The monoisotopic (exact) mass is 283 g/mol. The van der Waals surface area contributed by atoms with E-state index in [1.807, 2.05) is 0 Å². The van der Waals surface area contributed by atoms with Gasteiger partial charge in [-0.15, -0.1) is 0 Å². The maximum Gasteiger partial charge on any atom is 0.260 e. The number of ether oxygens (including phenoxy) is 1. The van der Waals surface area contributed by atoms with Crippen LogP contribution in [0.4, 0.5) is 0 Å². The summed E-state index contributed by atoms with van der Waals surface area (Å²) in [5, 5.41) is 9.91. The molecule has 1 fully saturated rings. The van der Waals surface area contributed by atoms with Crippen molar-refractivity contribution in [2.45, 2.75) is 25.3 Å². The third-order valence-electron chi connectivity index (χ3n) is 3.33. The number of likely N-dealkylation sites (tertiary alicyclic amines) is 1. The number of piperidine rings is 1. The molecule has 0 aromatic heterocycles. The van der Waals surface area contributed by atoms with Gasteiger partial charge in [0.05, 0.1) is 12.6 Å². The number of aliphatic hydroxyl groups excluding tert-OH is 1. The first-order valence-electron chi connectivity index (χ1n) is 6.49. The van der Waals surface area contributed by atoms with Gasteiger partial charge in [-0.3, -0.25) is 4.79 Å². The van der Waals surface area contributed by atoms with Crippen LogP contribution in [-0.2, 0) is 4.79 Å². The Morgan fingerprint density at radius 1 is 1.37 bits per heavy atom. The molecular formula is C14H18ClNO3. The van der Waals surface area contributed by atoms with Gasteiger partial charge in [0, 0.05) is 11.6 Å². The molecule has 5 heteroatoms. The van der Waals surface area contributed by atoms with Gasteiger partial charge in [-0.2, -0.15) is 0 Å². The Bertz CT molecular complexity index is 421. The van der Waals surface area contributed by atoms with Gasteiger partial charge in [0.15, 0.2) is 6.61 Å². The molecule has 1 atom stereocenters. The van der Waals surface area contributed by atoms with Crippen LogP contribution in [0.1, 0.15) is 19.3 Å². The van der Waals surface area contributed by atoms with Crippen LogP contribution in [-0.4, -0.2) is 41.7 Å². The van der Waals surface area contributed by atoms with Gasteiger partial charge in [-0.1, -0.05) is 11.6 Å². The maximum absolute atomic E-state index is 12.1. The Hall–Kier alpha value is -1.26. The Morgan fingerprint density at radius 3 is 2.79 bits per heavy atom. The number of carbonyl (C=O) groups excluding carboxylic acids is 1. The standard InChI is InChI=1S/C14H18ClNO3/c15-11-4-6-13(7-5-11)19-10-14(18)16-8-2-1-3-12(16)9-17/h4-7,12,17H,1-3,8-10H2. The molecule has 1 unspecified atom stereocenters. The summed E-state index contributed by atoms with van der Waals surface area (Å²) in [7, 11) is 0. The second kappa shape index (κ2) is 6.78. The second-order valence-corrected chi connectivity index (χ2v) is 5.10. The van der Waals surface area contributed by atoms with Crippen molar-refractivity contribution in [3.63, 3.8) is 0 Å². The molecule has 4 nitrogen and oxygen atoms in total. The molecule has 1 aliphatic heterocycles. The Balaban J connectivity index is 1.87. The number of rotatable bonds is 4. The average Bonchev–Trinajstić information content (AvgIpc) is 2.46. The minimum atomic E-state index is -0.0753. The van der Waals surface area contributed by atoms with E-state index in [0.717, 1.165) is 19.3 Å². The van der Waals surface area contributed by atoms with Gasteiger partial charge in [0.1, 0.15) is 5.75 Å². The molecule has 1 N–H and O–H groups in total. The van der Waals surface area contributed by atoms with E-state index in [1.165, 1.54) is 0 Å². The van der Waals surface area contributed by atoms with Crippen molar-refractivity contribution in [1.29, 1.82) is 0 Å². The fraction of sp³-hybridized carbons (Fsp3) is 0.500. The molecule has 1 heterocycles. The van der Waals surface area contributed by atoms with Crippen LogP contribution in [0.2, 0.25) is 5.02 Å². The highest BCUT2D eigenvalue weighted by molar-refractivity contribution is 6.30. The molecule has 1 aliphatic rings. The molecule has 0 bridgehead atoms. The van der Waals surface area contributed by atoms with Crippen molar-refractivity contribution >= 4 is 17.5 Å². The molecule has 2 rings (SSSR count). The number of hydrogen-bond donors (Lipinski definition) is 1. The number of carbonyl (C=O) groups is 1. The van der Waals surface area contributed by atoms with Crippen molar-refractivity contribution in [2.75, 3.05) is 19.8 Å². The predicted octanol–water partition coefficient (Wildman–Crippen LogP) is 2.09. The van der Waals surface area contributed by atoms with E-state index in [-0.39, 0.29) is 25.2 Å². The van der Waals surface area contributed by atoms with Gasteiger partial charge in [-0.05, 0) is 43.5 Å². The van der Waals surface area contributed by atoms with Crippen molar-refractivity contribution in [3.05, 3.63) is 29.3 Å². The molecule has 104 valence electrons. The number of halogens is 1. The quantitative estimate of drug-likeness (QED) is 0.920. The first kappa shape index (κ1) is 14.2. The van der Waals surface area contributed by atoms with Gasteiger partial charge in [0.2, 0.25) is 0 Å². The van der Waals surface area contributed by atoms with E-state index in [9.17, 15) is 9.90 Å². The Morgan fingerprint density at radius 2 is 2.11 bits per heavy atom. The minimum Gasteiger partial charge on any atom is -0.484 e. The summed E-state index contributed by atoms with van der Waals surface area (Å²) in [6.07, 6.45) is 2.92. The number of benzene rings is 1. The van der Waals surface area contributed by atoms with Gasteiger partial charge < -0.3 is 14.7 Å². The molecule has 19 heavy (non-hydrogen) atoms. The van der Waals surface area contributed by atoms with Gasteiger partial charge in [0.25, 0.3) is 5.91 Å². The normalized spacial score (nSPS) is 19.3. The number of nitrogens with zero attached hydrogens (tertiary/aromatic N) is 1. The molecule has 1 saturated heterocycles. The zero-order valence-electron chi connectivity index (χ0n) is 10.7. The molecule has 1 aromatic carbocycles. The summed E-state index contributed by atoms with van der Waals surface area (Å²) < 4.78 is 5.44. The van der Waals surface area contributed by atoms with Gasteiger partial charge >= 0.3 is 0 Å². The van der Waals surface area contributed by atoms with E-state index in [4.69, 9.17) is 16.3 Å². The van der Waals surface area contributed by atoms with E-state index in [2.05, 4.69) is 0 Å². The highest BCUT2D eigenvalue weighted by Gasteiger charge is 2.26. The third kappa shape index (κ3) is 3.85. The van der Waals surface area contributed by atoms with Gasteiger partial charge in [-0.25, -0.2) is 0 Å². The van der Waals surface area contributed by atoms with E-state index < -0.39 is 0 Å². The molecule has 0 spiro atoms. The van der Waals surface area contributed by atoms with Crippen LogP contribution in [0.5, 0.6) is 5.75 Å². The summed E-state index contributed by atoms with van der Waals surface area (Å²) in [6.45, 7) is 0.721. The van der Waals surface area contributed by atoms with Crippen LogP contribution in [0.15, 0.2) is 24.3 Å². The second-order valence-electron chi connectivity index (χ2n) is 4.66. The Kier molecular flexibility index (Phi) is 5.05. The maximum atomic E-state index is 12.1. The Labute approximate surface area is 117 Å². The number of amides is 1. The molecular weight excluding hydrogens is 266 g/mol. The highest BCUT2D eigenvalue weighted by atomic mass is 35.5. The van der Waals surface area contributed by atoms with Crippen LogP contribution >= 0.6 is 11.6 Å². The summed E-state index contributed by atoms with van der Waals surface area (Å²) in [5.41, 5.74) is 0. The molecule has 0 saturated carbocycles. The largest absolute Gasteiger partial charge is 0.484 e. The number of aliphatic hydroxyl groups is 1. The molecule has 1 aromatic rings. The van der Waals surface area contributed by atoms with E-state index >= 15 is 0 Å². The lowest BCUT2D eigenvalue weighted by molar-refractivity contribution is -0.138. The minimum absolute atomic E-state index is 0.00185. The average molecular weight is 284 g/mol. The summed E-state index contributed by atoms with van der Waals surface area (Å²) in [5.74, 6) is 0.545. The van der Waals surface area contributed by atoms with Crippen molar-refractivity contribution in [1.82, 2.24) is 4.90 Å². The van der Waals surface area contributed by atoms with Crippen molar-refractivity contribution in [2.24, 2.45) is 0 Å². The molecule has 0 radical (unpaired) electrons. The fourth-order valence-electron chi connectivity index (χ4n) is 2.28. The van der Waals surface area contributed by atoms with E-state index in [0.29, 0.717) is 17.3 Å². The zero-order valence-corrected chi connectivity index (χ0v) is 11.5. The topological polar surface area (TPSA) is 49.8 Å². The lowest BCUT2D eigenvalue weighted by atomic mass is 10.0. The summed E-state index contributed by atoms with van der Waals surface area (Å²) in [6, 6.07) is 6.84. The first-order chi connectivity index (χ1) is 9.20. The summed E-state index contributed by atoms with van der Waals surface area (Å²) >= 11 is 5.78. The smallest absolute Gasteiger partial charge is 0.260 e.